The summed E-state index contributed by atoms with van der Waals surface area (Å²) in [6.07, 6.45) is 6.02. The van der Waals surface area contributed by atoms with Gasteiger partial charge >= 0.3 is 5.97 Å². The van der Waals surface area contributed by atoms with Gasteiger partial charge in [0.05, 0.1) is 0 Å². The summed E-state index contributed by atoms with van der Waals surface area (Å²) in [6, 6.07) is -0.410. The molecule has 0 spiro atoms. The zero-order valence-corrected chi connectivity index (χ0v) is 11.8. The van der Waals surface area contributed by atoms with E-state index < -0.39 is 12.0 Å². The van der Waals surface area contributed by atoms with Gasteiger partial charge in [-0.3, -0.25) is 4.79 Å². The first-order valence-electron chi connectivity index (χ1n) is 7.35. The van der Waals surface area contributed by atoms with Crippen LogP contribution in [0.3, 0.4) is 0 Å². The molecule has 0 aromatic carbocycles. The smallest absolute Gasteiger partial charge is 0.322 e. The van der Waals surface area contributed by atoms with E-state index in [0.29, 0.717) is 6.54 Å². The minimum atomic E-state index is -0.723. The third-order valence-corrected chi connectivity index (χ3v) is 3.78. The molecule has 0 aromatic rings. The van der Waals surface area contributed by atoms with Crippen LogP contribution in [0.2, 0.25) is 0 Å². The number of carboxylic acids is 1. The van der Waals surface area contributed by atoms with Crippen molar-refractivity contribution in [2.24, 2.45) is 5.92 Å². The molecule has 4 nitrogen and oxygen atoms in total. The highest BCUT2D eigenvalue weighted by atomic mass is 16.4. The molecule has 0 aliphatic carbocycles. The molecule has 1 heterocycles. The van der Waals surface area contributed by atoms with Crippen molar-refractivity contribution < 1.29 is 9.90 Å². The normalized spacial score (nSPS) is 19.9. The molecule has 1 atom stereocenters. The number of hydrogen-bond donors (Lipinski definition) is 2. The number of nitrogens with zero attached hydrogens (tertiary/aromatic N) is 1. The third-order valence-electron chi connectivity index (χ3n) is 3.78. The summed E-state index contributed by atoms with van der Waals surface area (Å²) >= 11 is 0. The van der Waals surface area contributed by atoms with E-state index in [1.807, 2.05) is 0 Å². The van der Waals surface area contributed by atoms with E-state index in [2.05, 4.69) is 24.1 Å². The molecule has 0 aromatic heterocycles. The summed E-state index contributed by atoms with van der Waals surface area (Å²) in [7, 11) is 0. The van der Waals surface area contributed by atoms with E-state index in [4.69, 9.17) is 0 Å². The Hall–Kier alpha value is -0.610. The molecule has 1 unspecified atom stereocenters. The number of nitrogens with one attached hydrogen (secondary N) is 1. The highest BCUT2D eigenvalue weighted by molar-refractivity contribution is 5.73. The van der Waals surface area contributed by atoms with Crippen molar-refractivity contribution in [2.75, 3.05) is 26.2 Å². The van der Waals surface area contributed by atoms with Crippen LogP contribution in [0.5, 0.6) is 0 Å². The van der Waals surface area contributed by atoms with Crippen molar-refractivity contribution in [3.05, 3.63) is 0 Å². The van der Waals surface area contributed by atoms with Gasteiger partial charge in [-0.05, 0) is 44.8 Å². The Morgan fingerprint density at radius 3 is 2.50 bits per heavy atom. The van der Waals surface area contributed by atoms with Crippen LogP contribution in [0.1, 0.15) is 46.0 Å². The maximum atomic E-state index is 11.2. The molecule has 1 saturated heterocycles. The fraction of sp³-hybridized carbons (Fsp3) is 0.929. The molecule has 0 radical (unpaired) electrons. The fourth-order valence-electron chi connectivity index (χ4n) is 2.67. The highest BCUT2D eigenvalue weighted by Crippen LogP contribution is 2.21. The standard InChI is InChI=1S/C14H28N2O2/c1-3-5-12-6-9-16(10-7-12)11-13(14(17)18)15-8-4-2/h12-13,15H,3-11H2,1-2H3,(H,17,18). The lowest BCUT2D eigenvalue weighted by Crippen LogP contribution is -2.48. The molecule has 2 N–H and O–H groups in total. The molecule has 18 heavy (non-hydrogen) atoms. The van der Waals surface area contributed by atoms with Gasteiger partial charge in [-0.25, -0.2) is 0 Å². The van der Waals surface area contributed by atoms with Crippen molar-refractivity contribution in [3.8, 4) is 0 Å². The lowest BCUT2D eigenvalue weighted by molar-refractivity contribution is -0.140. The second kappa shape index (κ2) is 8.48. The lowest BCUT2D eigenvalue weighted by Gasteiger charge is -2.33. The van der Waals surface area contributed by atoms with Gasteiger partial charge < -0.3 is 15.3 Å². The summed E-state index contributed by atoms with van der Waals surface area (Å²) in [6.45, 7) is 7.84. The lowest BCUT2D eigenvalue weighted by atomic mass is 9.92. The van der Waals surface area contributed by atoms with Gasteiger partial charge in [-0.15, -0.1) is 0 Å². The molecule has 1 rings (SSSR count). The number of carbonyl (C=O) groups is 1. The summed E-state index contributed by atoms with van der Waals surface area (Å²) in [5.41, 5.74) is 0. The Labute approximate surface area is 111 Å². The monoisotopic (exact) mass is 256 g/mol. The summed E-state index contributed by atoms with van der Waals surface area (Å²) < 4.78 is 0. The fourth-order valence-corrected chi connectivity index (χ4v) is 2.67. The van der Waals surface area contributed by atoms with E-state index in [-0.39, 0.29) is 0 Å². The quantitative estimate of drug-likeness (QED) is 0.697. The molecule has 0 saturated carbocycles. The van der Waals surface area contributed by atoms with E-state index in [0.717, 1.165) is 32.0 Å². The second-order valence-electron chi connectivity index (χ2n) is 5.38. The number of aliphatic carboxylic acids is 1. The molecule has 0 amide bonds. The van der Waals surface area contributed by atoms with Gasteiger partial charge in [0.2, 0.25) is 0 Å². The van der Waals surface area contributed by atoms with E-state index in [1.54, 1.807) is 0 Å². The molecular formula is C14H28N2O2. The number of rotatable bonds is 8. The van der Waals surface area contributed by atoms with Crippen LogP contribution in [0, 0.1) is 5.92 Å². The maximum absolute atomic E-state index is 11.2. The Morgan fingerprint density at radius 1 is 1.33 bits per heavy atom. The van der Waals surface area contributed by atoms with Crippen LogP contribution in [0.4, 0.5) is 0 Å². The van der Waals surface area contributed by atoms with Crippen molar-refractivity contribution in [1.29, 1.82) is 0 Å². The first kappa shape index (κ1) is 15.4. The molecule has 0 bridgehead atoms. The first-order valence-corrected chi connectivity index (χ1v) is 7.35. The number of hydrogen-bond acceptors (Lipinski definition) is 3. The highest BCUT2D eigenvalue weighted by Gasteiger charge is 2.24. The van der Waals surface area contributed by atoms with E-state index in [9.17, 15) is 9.90 Å². The minimum absolute atomic E-state index is 0.410. The molecule has 1 aliphatic heterocycles. The SMILES string of the molecule is CCCNC(CN1CCC(CCC)CC1)C(=O)O. The van der Waals surface area contributed by atoms with Crippen LogP contribution < -0.4 is 5.32 Å². The second-order valence-corrected chi connectivity index (χ2v) is 5.38. The largest absolute Gasteiger partial charge is 0.480 e. The number of carboxylic acid groups (broad SMARTS) is 1. The van der Waals surface area contributed by atoms with Crippen LogP contribution in [-0.2, 0) is 4.79 Å². The summed E-state index contributed by atoms with van der Waals surface area (Å²) in [4.78, 5) is 13.5. The van der Waals surface area contributed by atoms with Gasteiger partial charge in [0.1, 0.15) is 6.04 Å². The van der Waals surface area contributed by atoms with Crippen molar-refractivity contribution >= 4 is 5.97 Å². The molecule has 106 valence electrons. The van der Waals surface area contributed by atoms with Crippen molar-refractivity contribution in [1.82, 2.24) is 10.2 Å². The van der Waals surface area contributed by atoms with Crippen molar-refractivity contribution in [3.63, 3.8) is 0 Å². The van der Waals surface area contributed by atoms with Crippen LogP contribution in [-0.4, -0.2) is 48.2 Å². The van der Waals surface area contributed by atoms with Crippen LogP contribution in [0.25, 0.3) is 0 Å². The van der Waals surface area contributed by atoms with Gasteiger partial charge in [-0.2, -0.15) is 0 Å². The number of likely N-dealkylation sites (tertiary alicyclic amines) is 1. The first-order chi connectivity index (χ1) is 8.67. The topological polar surface area (TPSA) is 52.6 Å². The van der Waals surface area contributed by atoms with E-state index >= 15 is 0 Å². The predicted octanol–water partition coefficient (Wildman–Crippen LogP) is 1.95. The van der Waals surface area contributed by atoms with Crippen molar-refractivity contribution in [2.45, 2.75) is 52.0 Å². The Kier molecular flexibility index (Phi) is 7.28. The van der Waals surface area contributed by atoms with Crippen LogP contribution >= 0.6 is 0 Å². The Balaban J connectivity index is 2.30. The third kappa shape index (κ3) is 5.36. The maximum Gasteiger partial charge on any atom is 0.322 e. The van der Waals surface area contributed by atoms with Gasteiger partial charge in [0, 0.05) is 6.54 Å². The zero-order chi connectivity index (χ0) is 13.4. The van der Waals surface area contributed by atoms with E-state index in [1.165, 1.54) is 25.7 Å². The molecule has 1 fully saturated rings. The summed E-state index contributed by atoms with van der Waals surface area (Å²) in [5, 5.41) is 12.3. The molecule has 1 aliphatic rings. The van der Waals surface area contributed by atoms with Gasteiger partial charge in [-0.1, -0.05) is 26.7 Å². The summed E-state index contributed by atoms with van der Waals surface area (Å²) in [5.74, 6) is 0.136. The zero-order valence-electron chi connectivity index (χ0n) is 11.8. The van der Waals surface area contributed by atoms with Gasteiger partial charge in [0.25, 0.3) is 0 Å². The Bertz CT molecular complexity index is 238. The van der Waals surface area contributed by atoms with Gasteiger partial charge in [0.15, 0.2) is 0 Å². The average molecular weight is 256 g/mol. The Morgan fingerprint density at radius 2 is 2.00 bits per heavy atom. The average Bonchev–Trinajstić information content (AvgIpc) is 2.36. The molecular weight excluding hydrogens is 228 g/mol. The minimum Gasteiger partial charge on any atom is -0.480 e. The molecule has 4 heteroatoms. The number of piperidine rings is 1. The predicted molar refractivity (Wildman–Crippen MR) is 73.8 cm³/mol. The van der Waals surface area contributed by atoms with Crippen LogP contribution in [0.15, 0.2) is 0 Å².